The number of amides is 1. The zero-order valence-electron chi connectivity index (χ0n) is 8.55. The number of nitrogens with zero attached hydrogens (tertiary/aromatic N) is 1. The summed E-state index contributed by atoms with van der Waals surface area (Å²) in [5, 5.41) is 0. The van der Waals surface area contributed by atoms with E-state index in [2.05, 4.69) is 20.8 Å². The lowest BCUT2D eigenvalue weighted by Crippen LogP contribution is -2.41. The van der Waals surface area contributed by atoms with Gasteiger partial charge in [0.25, 0.3) is 0 Å². The third-order valence-corrected chi connectivity index (χ3v) is 2.66. The Morgan fingerprint density at radius 3 is 2.33 bits per heavy atom. The van der Waals surface area contributed by atoms with E-state index < -0.39 is 0 Å². The number of rotatable bonds is 0. The Bertz CT molecular complexity index is 181. The Labute approximate surface area is 74.9 Å². The van der Waals surface area contributed by atoms with Gasteiger partial charge in [0, 0.05) is 19.5 Å². The molecule has 1 saturated heterocycles. The van der Waals surface area contributed by atoms with Crippen LogP contribution < -0.4 is 0 Å². The molecule has 1 fully saturated rings. The highest BCUT2D eigenvalue weighted by molar-refractivity contribution is 5.74. The van der Waals surface area contributed by atoms with Crippen molar-refractivity contribution < 1.29 is 4.79 Å². The first-order valence-corrected chi connectivity index (χ1v) is 4.70. The van der Waals surface area contributed by atoms with E-state index in [4.69, 9.17) is 0 Å². The fraction of sp³-hybridized carbons (Fsp3) is 0.900. The summed E-state index contributed by atoms with van der Waals surface area (Å²) >= 11 is 0. The minimum atomic E-state index is 0.229. The lowest BCUT2D eigenvalue weighted by atomic mass is 9.85. The second kappa shape index (κ2) is 3.08. The fourth-order valence-corrected chi connectivity index (χ4v) is 2.04. The average molecular weight is 169 g/mol. The van der Waals surface area contributed by atoms with E-state index in [9.17, 15) is 4.79 Å². The molecule has 0 N–H and O–H groups in total. The normalized spacial score (nSPS) is 24.7. The van der Waals surface area contributed by atoms with Gasteiger partial charge in [-0.25, -0.2) is 0 Å². The fourth-order valence-electron chi connectivity index (χ4n) is 2.04. The molecule has 1 unspecified atom stereocenters. The van der Waals surface area contributed by atoms with E-state index in [-0.39, 0.29) is 11.3 Å². The summed E-state index contributed by atoms with van der Waals surface area (Å²) in [5.41, 5.74) is 0.238. The second-order valence-corrected chi connectivity index (χ2v) is 4.74. The maximum atomic E-state index is 11.2. The van der Waals surface area contributed by atoms with Crippen molar-refractivity contribution in [2.45, 2.75) is 46.6 Å². The predicted molar refractivity (Wildman–Crippen MR) is 49.9 cm³/mol. The molecule has 2 heteroatoms. The van der Waals surface area contributed by atoms with E-state index in [0.717, 1.165) is 6.54 Å². The third-order valence-electron chi connectivity index (χ3n) is 2.66. The molecule has 70 valence electrons. The van der Waals surface area contributed by atoms with Gasteiger partial charge in [0.15, 0.2) is 0 Å². The van der Waals surface area contributed by atoms with Crippen LogP contribution in [0.15, 0.2) is 0 Å². The zero-order chi connectivity index (χ0) is 9.35. The lowest BCUT2D eigenvalue weighted by Gasteiger charge is -2.34. The van der Waals surface area contributed by atoms with E-state index in [1.165, 1.54) is 12.8 Å². The number of carbonyl (C=O) groups is 1. The summed E-state index contributed by atoms with van der Waals surface area (Å²) in [7, 11) is 0. The molecule has 0 bridgehead atoms. The van der Waals surface area contributed by atoms with Crippen molar-refractivity contribution >= 4 is 5.91 Å². The molecule has 1 atom stereocenters. The van der Waals surface area contributed by atoms with Crippen molar-refractivity contribution in [2.75, 3.05) is 6.54 Å². The van der Waals surface area contributed by atoms with E-state index >= 15 is 0 Å². The number of hydrogen-bond donors (Lipinski definition) is 0. The van der Waals surface area contributed by atoms with Crippen LogP contribution in [0.5, 0.6) is 0 Å². The summed E-state index contributed by atoms with van der Waals surface area (Å²) in [6.45, 7) is 9.25. The van der Waals surface area contributed by atoms with Crippen LogP contribution in [0.1, 0.15) is 40.5 Å². The van der Waals surface area contributed by atoms with Crippen molar-refractivity contribution in [3.05, 3.63) is 0 Å². The maximum absolute atomic E-state index is 11.2. The highest BCUT2D eigenvalue weighted by Gasteiger charge is 2.35. The van der Waals surface area contributed by atoms with Crippen LogP contribution in [0.25, 0.3) is 0 Å². The molecule has 2 nitrogen and oxygen atoms in total. The number of likely N-dealkylation sites (tertiary alicyclic amines) is 1. The molecule has 0 aromatic carbocycles. The SMILES string of the molecule is CC(=O)N1CCCC1C(C)(C)C. The Kier molecular flexibility index (Phi) is 2.45. The molecule has 0 saturated carbocycles. The van der Waals surface area contributed by atoms with E-state index in [1.807, 2.05) is 4.90 Å². The molecule has 1 heterocycles. The van der Waals surface area contributed by atoms with Gasteiger partial charge in [-0.15, -0.1) is 0 Å². The van der Waals surface area contributed by atoms with E-state index in [0.29, 0.717) is 6.04 Å². The molecule has 0 aromatic rings. The molecule has 1 aliphatic rings. The quantitative estimate of drug-likeness (QED) is 0.543. The minimum Gasteiger partial charge on any atom is -0.339 e. The summed E-state index contributed by atoms with van der Waals surface area (Å²) in [6, 6.07) is 0.454. The Morgan fingerprint density at radius 1 is 1.42 bits per heavy atom. The Morgan fingerprint density at radius 2 is 2.00 bits per heavy atom. The van der Waals surface area contributed by atoms with Crippen molar-refractivity contribution in [1.82, 2.24) is 4.90 Å². The Balaban J connectivity index is 2.71. The van der Waals surface area contributed by atoms with Crippen LogP contribution in [-0.4, -0.2) is 23.4 Å². The topological polar surface area (TPSA) is 20.3 Å². The summed E-state index contributed by atoms with van der Waals surface area (Å²) < 4.78 is 0. The largest absolute Gasteiger partial charge is 0.339 e. The van der Waals surface area contributed by atoms with Gasteiger partial charge in [-0.2, -0.15) is 0 Å². The molecule has 1 amide bonds. The monoisotopic (exact) mass is 169 g/mol. The number of carbonyl (C=O) groups excluding carboxylic acids is 1. The van der Waals surface area contributed by atoms with Crippen LogP contribution in [0.4, 0.5) is 0 Å². The summed E-state index contributed by atoms with van der Waals surface area (Å²) in [5.74, 6) is 0.229. The summed E-state index contributed by atoms with van der Waals surface area (Å²) in [4.78, 5) is 13.2. The van der Waals surface area contributed by atoms with E-state index in [1.54, 1.807) is 6.92 Å². The molecular weight excluding hydrogens is 150 g/mol. The molecule has 0 aromatic heterocycles. The van der Waals surface area contributed by atoms with Gasteiger partial charge in [-0.05, 0) is 18.3 Å². The standard InChI is InChI=1S/C10H19NO/c1-8(12)11-7-5-6-9(11)10(2,3)4/h9H,5-7H2,1-4H3. The van der Waals surface area contributed by atoms with Gasteiger partial charge >= 0.3 is 0 Å². The van der Waals surface area contributed by atoms with Gasteiger partial charge in [-0.3, -0.25) is 4.79 Å². The first kappa shape index (κ1) is 9.56. The minimum absolute atomic E-state index is 0.229. The molecule has 0 radical (unpaired) electrons. The molecule has 1 rings (SSSR count). The number of hydrogen-bond acceptors (Lipinski definition) is 1. The van der Waals surface area contributed by atoms with Gasteiger partial charge in [-0.1, -0.05) is 20.8 Å². The van der Waals surface area contributed by atoms with Gasteiger partial charge in [0.2, 0.25) is 5.91 Å². The van der Waals surface area contributed by atoms with Crippen LogP contribution in [0.3, 0.4) is 0 Å². The van der Waals surface area contributed by atoms with Crippen LogP contribution >= 0.6 is 0 Å². The lowest BCUT2D eigenvalue weighted by molar-refractivity contribution is -0.131. The molecule has 1 aliphatic heterocycles. The van der Waals surface area contributed by atoms with Crippen LogP contribution in [0.2, 0.25) is 0 Å². The van der Waals surface area contributed by atoms with Crippen molar-refractivity contribution in [1.29, 1.82) is 0 Å². The van der Waals surface area contributed by atoms with Crippen molar-refractivity contribution in [3.63, 3.8) is 0 Å². The highest BCUT2D eigenvalue weighted by Crippen LogP contribution is 2.32. The molecule has 12 heavy (non-hydrogen) atoms. The predicted octanol–water partition coefficient (Wildman–Crippen LogP) is 2.04. The van der Waals surface area contributed by atoms with Gasteiger partial charge in [0.05, 0.1) is 0 Å². The highest BCUT2D eigenvalue weighted by atomic mass is 16.2. The van der Waals surface area contributed by atoms with Crippen LogP contribution in [0, 0.1) is 5.41 Å². The zero-order valence-corrected chi connectivity index (χ0v) is 8.55. The van der Waals surface area contributed by atoms with Crippen molar-refractivity contribution in [2.24, 2.45) is 5.41 Å². The van der Waals surface area contributed by atoms with Gasteiger partial charge in [0.1, 0.15) is 0 Å². The Hall–Kier alpha value is -0.530. The smallest absolute Gasteiger partial charge is 0.219 e. The third kappa shape index (κ3) is 1.79. The molecular formula is C10H19NO. The van der Waals surface area contributed by atoms with Gasteiger partial charge < -0.3 is 4.90 Å². The second-order valence-electron chi connectivity index (χ2n) is 4.74. The maximum Gasteiger partial charge on any atom is 0.219 e. The first-order chi connectivity index (χ1) is 5.43. The average Bonchev–Trinajstić information content (AvgIpc) is 2.30. The molecule has 0 aliphatic carbocycles. The van der Waals surface area contributed by atoms with Crippen molar-refractivity contribution in [3.8, 4) is 0 Å². The summed E-state index contributed by atoms with van der Waals surface area (Å²) in [6.07, 6.45) is 2.34. The first-order valence-electron chi connectivity index (χ1n) is 4.70. The molecule has 0 spiro atoms. The van der Waals surface area contributed by atoms with Crippen LogP contribution in [-0.2, 0) is 4.79 Å².